The molecule has 4 heteroatoms. The molecule has 0 saturated heterocycles. The molecule has 19 heavy (non-hydrogen) atoms. The number of ether oxygens (including phenoxy) is 1. The van der Waals surface area contributed by atoms with Crippen LogP contribution in [0.3, 0.4) is 0 Å². The highest BCUT2D eigenvalue weighted by atomic mass is 32.1. The second-order valence-electron chi connectivity index (χ2n) is 4.96. The number of benzene rings is 1. The van der Waals surface area contributed by atoms with Gasteiger partial charge in [-0.3, -0.25) is 4.90 Å². The van der Waals surface area contributed by atoms with Gasteiger partial charge in [0.05, 0.1) is 12.7 Å². The number of nitrogens with two attached hydrogens (primary N) is 1. The summed E-state index contributed by atoms with van der Waals surface area (Å²) in [4.78, 5) is 2.82. The van der Waals surface area contributed by atoms with Crippen LogP contribution >= 0.6 is 12.2 Å². The first kappa shape index (κ1) is 15.9. The largest absolute Gasteiger partial charge is 0.496 e. The Bertz CT molecular complexity index is 432. The van der Waals surface area contributed by atoms with Crippen molar-refractivity contribution in [3.8, 4) is 5.75 Å². The molecule has 0 atom stereocenters. The summed E-state index contributed by atoms with van der Waals surface area (Å²) in [6, 6.07) is 6.57. The van der Waals surface area contributed by atoms with Crippen molar-refractivity contribution in [1.29, 1.82) is 0 Å². The van der Waals surface area contributed by atoms with Gasteiger partial charge in [0, 0.05) is 12.6 Å². The summed E-state index contributed by atoms with van der Waals surface area (Å²) in [5, 5.41) is 0. The highest BCUT2D eigenvalue weighted by Gasteiger charge is 2.12. The summed E-state index contributed by atoms with van der Waals surface area (Å²) in [5.41, 5.74) is 7.77. The minimum atomic E-state index is 0.380. The third-order valence-corrected chi connectivity index (χ3v) is 3.38. The van der Waals surface area contributed by atoms with Gasteiger partial charge in [-0.05, 0) is 44.5 Å². The van der Waals surface area contributed by atoms with E-state index in [1.165, 1.54) is 5.56 Å². The van der Waals surface area contributed by atoms with E-state index in [1.54, 1.807) is 7.11 Å². The van der Waals surface area contributed by atoms with E-state index in [2.05, 4.69) is 31.7 Å². The van der Waals surface area contributed by atoms with E-state index in [0.717, 1.165) is 30.8 Å². The molecule has 0 unspecified atom stereocenters. The fourth-order valence-electron chi connectivity index (χ4n) is 2.09. The Kier molecular flexibility index (Phi) is 6.25. The summed E-state index contributed by atoms with van der Waals surface area (Å²) in [6.07, 6.45) is 1.15. The average Bonchev–Trinajstić information content (AvgIpc) is 2.37. The van der Waals surface area contributed by atoms with Crippen molar-refractivity contribution in [2.24, 2.45) is 5.73 Å². The lowest BCUT2D eigenvalue weighted by molar-refractivity contribution is 0.213. The van der Waals surface area contributed by atoms with Gasteiger partial charge in [0.15, 0.2) is 0 Å². The highest BCUT2D eigenvalue weighted by Crippen LogP contribution is 2.21. The lowest BCUT2D eigenvalue weighted by Gasteiger charge is -2.26. The maximum Gasteiger partial charge on any atom is 0.129 e. The van der Waals surface area contributed by atoms with Crippen molar-refractivity contribution in [1.82, 2.24) is 4.90 Å². The Morgan fingerprint density at radius 2 is 2.11 bits per heavy atom. The SMILES string of the molecule is CCCN(Cc1ccc(OC)c(C(N)=S)c1)C(C)C. The summed E-state index contributed by atoms with van der Waals surface area (Å²) in [5.74, 6) is 0.739. The first-order valence-electron chi connectivity index (χ1n) is 6.70. The maximum absolute atomic E-state index is 5.75. The van der Waals surface area contributed by atoms with E-state index < -0.39 is 0 Å². The first-order valence-corrected chi connectivity index (χ1v) is 7.11. The van der Waals surface area contributed by atoms with Gasteiger partial charge in [0.2, 0.25) is 0 Å². The molecule has 0 aliphatic rings. The minimum absolute atomic E-state index is 0.380. The highest BCUT2D eigenvalue weighted by molar-refractivity contribution is 7.80. The van der Waals surface area contributed by atoms with Crippen molar-refractivity contribution in [2.75, 3.05) is 13.7 Å². The summed E-state index contributed by atoms with van der Waals surface area (Å²) < 4.78 is 5.28. The van der Waals surface area contributed by atoms with Crippen LogP contribution in [0.25, 0.3) is 0 Å². The molecular weight excluding hydrogens is 256 g/mol. The molecule has 0 saturated carbocycles. The monoisotopic (exact) mass is 280 g/mol. The number of hydrogen-bond acceptors (Lipinski definition) is 3. The number of rotatable bonds is 7. The standard InChI is InChI=1S/C15H24N2OS/c1-5-8-17(11(2)3)10-12-6-7-14(18-4)13(9-12)15(16)19/h6-7,9,11H,5,8,10H2,1-4H3,(H2,16,19). The number of hydrogen-bond donors (Lipinski definition) is 1. The Balaban J connectivity index is 2.95. The second-order valence-corrected chi connectivity index (χ2v) is 5.40. The summed E-state index contributed by atoms with van der Waals surface area (Å²) >= 11 is 5.08. The smallest absolute Gasteiger partial charge is 0.129 e. The summed E-state index contributed by atoms with van der Waals surface area (Å²) in [7, 11) is 1.63. The lowest BCUT2D eigenvalue weighted by atomic mass is 10.1. The molecule has 0 aliphatic heterocycles. The molecule has 1 aromatic carbocycles. The number of thiocarbonyl (C=S) groups is 1. The van der Waals surface area contributed by atoms with Gasteiger partial charge in [0.1, 0.15) is 10.7 Å². The van der Waals surface area contributed by atoms with Gasteiger partial charge >= 0.3 is 0 Å². The summed E-state index contributed by atoms with van der Waals surface area (Å²) in [6.45, 7) is 8.63. The van der Waals surface area contributed by atoms with Gasteiger partial charge in [-0.15, -0.1) is 0 Å². The Morgan fingerprint density at radius 3 is 2.58 bits per heavy atom. The molecule has 2 N–H and O–H groups in total. The molecule has 1 rings (SSSR count). The van der Waals surface area contributed by atoms with Crippen LogP contribution in [0.15, 0.2) is 18.2 Å². The zero-order valence-corrected chi connectivity index (χ0v) is 13.1. The quantitative estimate of drug-likeness (QED) is 0.779. The van der Waals surface area contributed by atoms with Crippen molar-refractivity contribution in [3.63, 3.8) is 0 Å². The molecule has 0 aromatic heterocycles. The average molecular weight is 280 g/mol. The van der Waals surface area contributed by atoms with Crippen LogP contribution in [-0.4, -0.2) is 29.6 Å². The maximum atomic E-state index is 5.75. The van der Waals surface area contributed by atoms with Crippen molar-refractivity contribution < 1.29 is 4.74 Å². The van der Waals surface area contributed by atoms with Crippen LogP contribution in [0.5, 0.6) is 5.75 Å². The number of nitrogens with zero attached hydrogens (tertiary/aromatic N) is 1. The van der Waals surface area contributed by atoms with Gasteiger partial charge in [-0.2, -0.15) is 0 Å². The molecule has 106 valence electrons. The van der Waals surface area contributed by atoms with E-state index in [0.29, 0.717) is 11.0 Å². The van der Waals surface area contributed by atoms with Crippen LogP contribution in [0.1, 0.15) is 38.3 Å². The Morgan fingerprint density at radius 1 is 1.42 bits per heavy atom. The van der Waals surface area contributed by atoms with E-state index in [-0.39, 0.29) is 0 Å². The third-order valence-electron chi connectivity index (χ3n) is 3.16. The molecule has 0 fully saturated rings. The minimum Gasteiger partial charge on any atom is -0.496 e. The van der Waals surface area contributed by atoms with E-state index in [1.807, 2.05) is 12.1 Å². The zero-order chi connectivity index (χ0) is 14.4. The second kappa shape index (κ2) is 7.46. The third kappa shape index (κ3) is 4.48. The molecule has 0 aliphatic carbocycles. The van der Waals surface area contributed by atoms with Crippen molar-refractivity contribution in [3.05, 3.63) is 29.3 Å². The first-order chi connectivity index (χ1) is 8.99. The molecule has 0 radical (unpaired) electrons. The normalized spacial score (nSPS) is 11.1. The fraction of sp³-hybridized carbons (Fsp3) is 0.533. The molecule has 1 aromatic rings. The van der Waals surface area contributed by atoms with E-state index >= 15 is 0 Å². The van der Waals surface area contributed by atoms with Gasteiger partial charge in [-0.1, -0.05) is 25.2 Å². The van der Waals surface area contributed by atoms with Crippen molar-refractivity contribution in [2.45, 2.75) is 39.8 Å². The van der Waals surface area contributed by atoms with Crippen LogP contribution < -0.4 is 10.5 Å². The molecule has 0 amide bonds. The lowest BCUT2D eigenvalue weighted by Crippen LogP contribution is -2.31. The molecule has 0 bridgehead atoms. The zero-order valence-electron chi connectivity index (χ0n) is 12.3. The van der Waals surface area contributed by atoms with E-state index in [9.17, 15) is 0 Å². The van der Waals surface area contributed by atoms with Crippen LogP contribution in [0.4, 0.5) is 0 Å². The predicted octanol–water partition coefficient (Wildman–Crippen LogP) is 2.95. The molecular formula is C15H24N2OS. The number of methoxy groups -OCH3 is 1. The Hall–Kier alpha value is -1.13. The van der Waals surface area contributed by atoms with Gasteiger partial charge < -0.3 is 10.5 Å². The van der Waals surface area contributed by atoms with Crippen molar-refractivity contribution >= 4 is 17.2 Å². The van der Waals surface area contributed by atoms with Gasteiger partial charge in [-0.25, -0.2) is 0 Å². The fourth-order valence-corrected chi connectivity index (χ4v) is 2.25. The molecule has 0 spiro atoms. The van der Waals surface area contributed by atoms with Gasteiger partial charge in [0.25, 0.3) is 0 Å². The van der Waals surface area contributed by atoms with Crippen LogP contribution in [0.2, 0.25) is 0 Å². The molecule has 3 nitrogen and oxygen atoms in total. The predicted molar refractivity (Wildman–Crippen MR) is 84.7 cm³/mol. The van der Waals surface area contributed by atoms with Crippen LogP contribution in [0, 0.1) is 0 Å². The Labute approximate surface area is 121 Å². The van der Waals surface area contributed by atoms with Crippen LogP contribution in [-0.2, 0) is 6.54 Å². The topological polar surface area (TPSA) is 38.5 Å². The molecule has 0 heterocycles. The van der Waals surface area contributed by atoms with E-state index in [4.69, 9.17) is 22.7 Å².